The third-order valence-electron chi connectivity index (χ3n) is 4.60. The van der Waals surface area contributed by atoms with Crippen molar-refractivity contribution in [3.63, 3.8) is 0 Å². The molecule has 1 N–H and O–H groups in total. The third-order valence-corrected chi connectivity index (χ3v) is 4.87. The second-order valence-corrected chi connectivity index (χ2v) is 7.15. The highest BCUT2D eigenvalue weighted by atomic mass is 32.1. The van der Waals surface area contributed by atoms with Gasteiger partial charge in [0.05, 0.1) is 11.9 Å². The van der Waals surface area contributed by atoms with Gasteiger partial charge in [-0.3, -0.25) is 0 Å². The molecule has 4 aromatic rings. The van der Waals surface area contributed by atoms with Crippen LogP contribution in [0, 0.1) is 18.6 Å². The van der Waals surface area contributed by atoms with Gasteiger partial charge in [-0.15, -0.1) is 5.10 Å². The first kappa shape index (κ1) is 18.4. The van der Waals surface area contributed by atoms with E-state index in [2.05, 4.69) is 27.3 Å². The highest BCUT2D eigenvalue weighted by molar-refractivity contribution is 7.71. The van der Waals surface area contributed by atoms with E-state index in [1.165, 1.54) is 0 Å². The molecular weight excluding hydrogens is 372 g/mol. The summed E-state index contributed by atoms with van der Waals surface area (Å²) in [6.45, 7) is 6.08. The molecule has 28 heavy (non-hydrogen) atoms. The minimum Gasteiger partial charge on any atom is -0.460 e. The Balaban J connectivity index is 1.80. The SMILES string of the molecule is CCCCc1oc2ccccc2c1/C=N\n1c(-n2nc(C)cc2C)n[nH]c1=S. The van der Waals surface area contributed by atoms with Crippen molar-refractivity contribution in [2.24, 2.45) is 5.10 Å². The van der Waals surface area contributed by atoms with Gasteiger partial charge in [-0.2, -0.15) is 14.9 Å². The van der Waals surface area contributed by atoms with E-state index in [1.54, 1.807) is 15.6 Å². The number of aryl methyl sites for hydroxylation is 3. The maximum absolute atomic E-state index is 6.07. The first-order chi connectivity index (χ1) is 13.6. The summed E-state index contributed by atoms with van der Waals surface area (Å²) in [5.74, 6) is 1.46. The van der Waals surface area contributed by atoms with Gasteiger partial charge in [-0.05, 0) is 44.6 Å². The summed E-state index contributed by atoms with van der Waals surface area (Å²) in [4.78, 5) is 0. The molecule has 0 aliphatic heterocycles. The number of hydrogen-bond acceptors (Lipinski definition) is 5. The van der Waals surface area contributed by atoms with E-state index < -0.39 is 0 Å². The van der Waals surface area contributed by atoms with E-state index in [0.29, 0.717) is 10.7 Å². The number of H-pyrrole nitrogens is 1. The third kappa shape index (κ3) is 3.31. The van der Waals surface area contributed by atoms with Crippen LogP contribution in [-0.4, -0.2) is 30.9 Å². The zero-order valence-corrected chi connectivity index (χ0v) is 17.0. The number of rotatable bonds is 6. The molecule has 1 aromatic carbocycles. The van der Waals surface area contributed by atoms with E-state index in [1.807, 2.05) is 44.2 Å². The molecule has 0 radical (unpaired) electrons. The van der Waals surface area contributed by atoms with Gasteiger partial charge in [0.25, 0.3) is 5.95 Å². The minimum absolute atomic E-state index is 0.404. The smallest absolute Gasteiger partial charge is 0.271 e. The van der Waals surface area contributed by atoms with Crippen LogP contribution in [0.2, 0.25) is 0 Å². The van der Waals surface area contributed by atoms with E-state index in [4.69, 9.17) is 16.6 Å². The van der Waals surface area contributed by atoms with Crippen molar-refractivity contribution in [3.05, 3.63) is 57.8 Å². The predicted octanol–water partition coefficient (Wildman–Crippen LogP) is 4.71. The molecule has 0 atom stereocenters. The molecule has 0 amide bonds. The highest BCUT2D eigenvalue weighted by Crippen LogP contribution is 2.26. The standard InChI is InChI=1S/C20H22N6OS/c1-4-5-9-18-16(15-8-6-7-10-17(15)27-18)12-21-26-19(22-23-20(26)28)25-14(3)11-13(2)24-25/h6-8,10-12H,4-5,9H2,1-3H3,(H,23,28)/b21-12-. The average Bonchev–Trinajstić information content (AvgIpc) is 3.33. The van der Waals surface area contributed by atoms with Crippen molar-refractivity contribution in [1.29, 1.82) is 0 Å². The normalized spacial score (nSPS) is 11.8. The van der Waals surface area contributed by atoms with Crippen LogP contribution in [0.15, 0.2) is 39.9 Å². The van der Waals surface area contributed by atoms with Crippen molar-refractivity contribution in [2.75, 3.05) is 0 Å². The molecule has 0 bridgehead atoms. The number of para-hydroxylation sites is 1. The quantitative estimate of drug-likeness (QED) is 0.379. The molecule has 4 rings (SSSR count). The molecule has 3 aromatic heterocycles. The summed E-state index contributed by atoms with van der Waals surface area (Å²) >= 11 is 5.38. The fraction of sp³-hybridized carbons (Fsp3) is 0.300. The van der Waals surface area contributed by atoms with Crippen LogP contribution in [0.5, 0.6) is 0 Å². The van der Waals surface area contributed by atoms with Crippen LogP contribution in [0.1, 0.15) is 42.5 Å². The maximum atomic E-state index is 6.07. The molecular formula is C20H22N6OS. The number of aromatic amines is 1. The van der Waals surface area contributed by atoms with Gasteiger partial charge in [0.15, 0.2) is 0 Å². The number of fused-ring (bicyclic) bond motifs is 1. The largest absolute Gasteiger partial charge is 0.460 e. The van der Waals surface area contributed by atoms with Crippen LogP contribution in [-0.2, 0) is 6.42 Å². The summed E-state index contributed by atoms with van der Waals surface area (Å²) in [7, 11) is 0. The number of nitrogens with zero attached hydrogens (tertiary/aromatic N) is 5. The Labute approximate surface area is 167 Å². The molecule has 0 spiro atoms. The van der Waals surface area contributed by atoms with Gasteiger partial charge < -0.3 is 4.42 Å². The molecule has 0 aliphatic carbocycles. The number of unbranched alkanes of at least 4 members (excludes halogenated alkanes) is 1. The topological polar surface area (TPSA) is 76.9 Å². The number of benzene rings is 1. The maximum Gasteiger partial charge on any atom is 0.271 e. The number of nitrogens with one attached hydrogen (secondary N) is 1. The highest BCUT2D eigenvalue weighted by Gasteiger charge is 2.14. The Bertz CT molecular complexity index is 1210. The Morgan fingerprint density at radius 1 is 1.29 bits per heavy atom. The number of furan rings is 1. The molecule has 8 heteroatoms. The van der Waals surface area contributed by atoms with Gasteiger partial charge in [-0.25, -0.2) is 9.78 Å². The molecule has 144 valence electrons. The second kappa shape index (κ2) is 7.55. The summed E-state index contributed by atoms with van der Waals surface area (Å²) in [6, 6.07) is 9.99. The van der Waals surface area contributed by atoms with Crippen LogP contribution in [0.25, 0.3) is 16.9 Å². The van der Waals surface area contributed by atoms with Crippen LogP contribution in [0.4, 0.5) is 0 Å². The first-order valence-electron chi connectivity index (χ1n) is 9.34. The summed E-state index contributed by atoms with van der Waals surface area (Å²) in [5, 5.41) is 17.3. The fourth-order valence-electron chi connectivity index (χ4n) is 3.25. The zero-order valence-electron chi connectivity index (χ0n) is 16.1. The molecule has 0 unspecified atom stereocenters. The second-order valence-electron chi connectivity index (χ2n) is 6.76. The van der Waals surface area contributed by atoms with Gasteiger partial charge in [0.2, 0.25) is 4.77 Å². The molecule has 7 nitrogen and oxygen atoms in total. The molecule has 0 saturated heterocycles. The molecule has 0 fully saturated rings. The predicted molar refractivity (Wildman–Crippen MR) is 112 cm³/mol. The van der Waals surface area contributed by atoms with Crippen molar-refractivity contribution in [2.45, 2.75) is 40.0 Å². The van der Waals surface area contributed by atoms with Crippen molar-refractivity contribution < 1.29 is 4.42 Å². The van der Waals surface area contributed by atoms with Gasteiger partial charge in [-0.1, -0.05) is 31.5 Å². The van der Waals surface area contributed by atoms with Gasteiger partial charge in [0, 0.05) is 23.1 Å². The van der Waals surface area contributed by atoms with Crippen LogP contribution in [0.3, 0.4) is 0 Å². The summed E-state index contributed by atoms with van der Waals surface area (Å²) in [5.41, 5.74) is 3.71. The van der Waals surface area contributed by atoms with Crippen molar-refractivity contribution in [1.82, 2.24) is 24.7 Å². The number of aromatic nitrogens is 5. The van der Waals surface area contributed by atoms with E-state index in [0.717, 1.165) is 52.9 Å². The lowest BCUT2D eigenvalue weighted by molar-refractivity contribution is 0.536. The molecule has 0 aliphatic rings. The molecule has 3 heterocycles. The lowest BCUT2D eigenvalue weighted by Gasteiger charge is -2.03. The lowest BCUT2D eigenvalue weighted by Crippen LogP contribution is -2.07. The van der Waals surface area contributed by atoms with E-state index >= 15 is 0 Å². The summed E-state index contributed by atoms with van der Waals surface area (Å²) < 4.78 is 9.79. The summed E-state index contributed by atoms with van der Waals surface area (Å²) in [6.07, 6.45) is 4.83. The van der Waals surface area contributed by atoms with Crippen LogP contribution >= 0.6 is 12.2 Å². The monoisotopic (exact) mass is 394 g/mol. The first-order valence-corrected chi connectivity index (χ1v) is 9.75. The number of hydrogen-bond donors (Lipinski definition) is 1. The lowest BCUT2D eigenvalue weighted by atomic mass is 10.1. The van der Waals surface area contributed by atoms with E-state index in [-0.39, 0.29) is 0 Å². The minimum atomic E-state index is 0.404. The Hall–Kier alpha value is -3.00. The average molecular weight is 395 g/mol. The Morgan fingerprint density at radius 3 is 2.86 bits per heavy atom. The zero-order chi connectivity index (χ0) is 19.7. The fourth-order valence-corrected chi connectivity index (χ4v) is 3.43. The van der Waals surface area contributed by atoms with Crippen molar-refractivity contribution in [3.8, 4) is 5.95 Å². The Kier molecular flexibility index (Phi) is 4.95. The van der Waals surface area contributed by atoms with Gasteiger partial charge in [0.1, 0.15) is 11.3 Å². The molecule has 0 saturated carbocycles. The van der Waals surface area contributed by atoms with E-state index in [9.17, 15) is 0 Å². The Morgan fingerprint density at radius 2 is 2.11 bits per heavy atom. The van der Waals surface area contributed by atoms with Crippen molar-refractivity contribution >= 4 is 29.4 Å². The van der Waals surface area contributed by atoms with Crippen LogP contribution < -0.4 is 0 Å². The van der Waals surface area contributed by atoms with Gasteiger partial charge >= 0.3 is 0 Å².